The molecule has 0 amide bonds. The van der Waals surface area contributed by atoms with Gasteiger partial charge >= 0.3 is 17.9 Å². The molecule has 0 aromatic carbocycles. The van der Waals surface area contributed by atoms with E-state index >= 15 is 0 Å². The lowest BCUT2D eigenvalue weighted by molar-refractivity contribution is -0.244. The van der Waals surface area contributed by atoms with Gasteiger partial charge in [-0.3, -0.25) is 9.59 Å². The van der Waals surface area contributed by atoms with Crippen molar-refractivity contribution in [2.75, 3.05) is 0 Å². The first-order valence-corrected chi connectivity index (χ1v) is 11.5. The van der Waals surface area contributed by atoms with Gasteiger partial charge in [-0.15, -0.1) is 0 Å². The van der Waals surface area contributed by atoms with E-state index in [0.717, 1.165) is 19.3 Å². The molecule has 3 aliphatic heterocycles. The van der Waals surface area contributed by atoms with E-state index in [4.69, 9.17) is 23.7 Å². The monoisotopic (exact) mass is 448 g/mol. The second-order valence-electron chi connectivity index (χ2n) is 9.84. The zero-order chi connectivity index (χ0) is 23.0. The average molecular weight is 449 g/mol. The second-order valence-corrected chi connectivity index (χ2v) is 9.84. The van der Waals surface area contributed by atoms with E-state index in [1.165, 1.54) is 18.9 Å². The molecule has 0 bridgehead atoms. The summed E-state index contributed by atoms with van der Waals surface area (Å²) in [5, 5.41) is 0. The minimum atomic E-state index is -1.08. The van der Waals surface area contributed by atoms with Crippen molar-refractivity contribution in [3.8, 4) is 0 Å². The van der Waals surface area contributed by atoms with Crippen molar-refractivity contribution in [3.63, 3.8) is 0 Å². The van der Waals surface area contributed by atoms with Gasteiger partial charge in [0.1, 0.15) is 0 Å². The summed E-state index contributed by atoms with van der Waals surface area (Å²) >= 11 is 0. The smallest absolute Gasteiger partial charge is 0.336 e. The summed E-state index contributed by atoms with van der Waals surface area (Å²) in [7, 11) is 0. The Balaban J connectivity index is 1.60. The number of carbonyl (C=O) groups excluding carboxylic acids is 3. The molecule has 1 aliphatic carbocycles. The van der Waals surface area contributed by atoms with Crippen LogP contribution >= 0.6 is 0 Å². The van der Waals surface area contributed by atoms with Gasteiger partial charge in [0, 0.05) is 18.9 Å². The first kappa shape index (κ1) is 23.0. The SMILES string of the molecule is CCCC(=O)OC1C(OC(C)=O)OC2OC3OC(=O)C(=CC=C4CCCC(C)(C)C4)C3C21. The Morgan fingerprint density at radius 3 is 2.62 bits per heavy atom. The molecule has 4 rings (SSSR count). The Hall–Kier alpha value is -2.19. The molecule has 0 spiro atoms. The minimum Gasteiger partial charge on any atom is -0.455 e. The van der Waals surface area contributed by atoms with Crippen molar-refractivity contribution in [3.05, 3.63) is 23.3 Å². The molecule has 3 heterocycles. The lowest BCUT2D eigenvalue weighted by Crippen LogP contribution is -2.38. The van der Waals surface area contributed by atoms with E-state index in [0.29, 0.717) is 12.0 Å². The predicted molar refractivity (Wildman–Crippen MR) is 112 cm³/mol. The van der Waals surface area contributed by atoms with Crippen LogP contribution in [-0.4, -0.2) is 42.9 Å². The third-order valence-corrected chi connectivity index (χ3v) is 6.58. The lowest BCUT2D eigenvalue weighted by atomic mass is 9.75. The number of hydrogen-bond acceptors (Lipinski definition) is 8. The third kappa shape index (κ3) is 4.62. The highest BCUT2D eigenvalue weighted by atomic mass is 16.8. The minimum absolute atomic E-state index is 0.232. The van der Waals surface area contributed by atoms with Crippen LogP contribution in [-0.2, 0) is 38.1 Å². The van der Waals surface area contributed by atoms with Gasteiger partial charge in [0.25, 0.3) is 0 Å². The molecule has 0 N–H and O–H groups in total. The van der Waals surface area contributed by atoms with Gasteiger partial charge in [-0.05, 0) is 37.5 Å². The Labute approximate surface area is 188 Å². The van der Waals surface area contributed by atoms with Crippen molar-refractivity contribution in [2.24, 2.45) is 17.3 Å². The number of hydrogen-bond donors (Lipinski definition) is 0. The normalized spacial score (nSPS) is 37.8. The van der Waals surface area contributed by atoms with E-state index in [2.05, 4.69) is 13.8 Å². The van der Waals surface area contributed by atoms with E-state index in [1.807, 2.05) is 19.1 Å². The van der Waals surface area contributed by atoms with Crippen LogP contribution in [0, 0.1) is 17.3 Å². The topological polar surface area (TPSA) is 97.4 Å². The Kier molecular flexibility index (Phi) is 6.45. The first-order chi connectivity index (χ1) is 15.2. The molecular weight excluding hydrogens is 416 g/mol. The molecule has 32 heavy (non-hydrogen) atoms. The number of allylic oxidation sites excluding steroid dienone is 3. The lowest BCUT2D eigenvalue weighted by Gasteiger charge is -2.31. The summed E-state index contributed by atoms with van der Waals surface area (Å²) in [6.07, 6.45) is 5.42. The average Bonchev–Trinajstić information content (AvgIpc) is 3.27. The summed E-state index contributed by atoms with van der Waals surface area (Å²) < 4.78 is 27.9. The van der Waals surface area contributed by atoms with E-state index in [-0.39, 0.29) is 11.8 Å². The molecule has 0 aromatic rings. The van der Waals surface area contributed by atoms with Crippen LogP contribution in [0.1, 0.15) is 66.2 Å². The fourth-order valence-electron chi connectivity index (χ4n) is 5.22. The summed E-state index contributed by atoms with van der Waals surface area (Å²) in [6, 6.07) is 0. The molecular formula is C24H32O8. The van der Waals surface area contributed by atoms with Crippen LogP contribution in [0.25, 0.3) is 0 Å². The molecule has 8 heteroatoms. The Bertz CT molecular complexity index is 841. The van der Waals surface area contributed by atoms with Crippen LogP contribution in [0.2, 0.25) is 0 Å². The van der Waals surface area contributed by atoms with E-state index < -0.39 is 54.7 Å². The molecule has 4 fully saturated rings. The maximum atomic E-state index is 12.6. The summed E-state index contributed by atoms with van der Waals surface area (Å²) in [5.41, 5.74) is 2.02. The van der Waals surface area contributed by atoms with Gasteiger partial charge < -0.3 is 23.7 Å². The van der Waals surface area contributed by atoms with Gasteiger partial charge in [0.05, 0.1) is 11.8 Å². The second kappa shape index (κ2) is 8.98. The zero-order valence-electron chi connectivity index (χ0n) is 19.1. The molecule has 6 atom stereocenters. The Morgan fingerprint density at radius 1 is 1.16 bits per heavy atom. The molecule has 6 unspecified atom stereocenters. The van der Waals surface area contributed by atoms with Crippen LogP contribution in [0.3, 0.4) is 0 Å². The van der Waals surface area contributed by atoms with Crippen LogP contribution < -0.4 is 0 Å². The number of fused-ring (bicyclic) bond motifs is 3. The molecule has 8 nitrogen and oxygen atoms in total. The third-order valence-electron chi connectivity index (χ3n) is 6.58. The fraction of sp³-hybridized carbons (Fsp3) is 0.708. The zero-order valence-corrected chi connectivity index (χ0v) is 19.1. The maximum absolute atomic E-state index is 12.6. The summed E-state index contributed by atoms with van der Waals surface area (Å²) in [5.74, 6) is -2.39. The Morgan fingerprint density at radius 2 is 1.94 bits per heavy atom. The van der Waals surface area contributed by atoms with Crippen molar-refractivity contribution < 1.29 is 38.1 Å². The van der Waals surface area contributed by atoms with Crippen LogP contribution in [0.15, 0.2) is 23.3 Å². The number of carbonyl (C=O) groups is 3. The van der Waals surface area contributed by atoms with Crippen molar-refractivity contribution in [2.45, 2.75) is 91.2 Å². The highest BCUT2D eigenvalue weighted by Gasteiger charge is 2.64. The molecule has 4 aliphatic rings. The summed E-state index contributed by atoms with van der Waals surface area (Å²) in [4.78, 5) is 36.5. The highest BCUT2D eigenvalue weighted by Crippen LogP contribution is 2.51. The van der Waals surface area contributed by atoms with Crippen molar-refractivity contribution >= 4 is 17.9 Å². The molecule has 1 saturated carbocycles. The quantitative estimate of drug-likeness (QED) is 0.358. The maximum Gasteiger partial charge on any atom is 0.336 e. The highest BCUT2D eigenvalue weighted by molar-refractivity contribution is 5.92. The predicted octanol–water partition coefficient (Wildman–Crippen LogP) is 3.54. The number of ether oxygens (including phenoxy) is 5. The van der Waals surface area contributed by atoms with E-state index in [9.17, 15) is 14.4 Å². The largest absolute Gasteiger partial charge is 0.455 e. The standard InChI is InChI=1S/C24H32O8/c1-5-7-16(26)29-19-18-17-15(10-9-14-8-6-11-24(3,4)12-14)20(27)30-21(17)31-22(18)32-23(19)28-13(2)25/h9-10,17-19,21-23H,5-8,11-12H2,1-4H3. The van der Waals surface area contributed by atoms with Gasteiger partial charge in [-0.2, -0.15) is 0 Å². The van der Waals surface area contributed by atoms with E-state index in [1.54, 1.807) is 0 Å². The fourth-order valence-corrected chi connectivity index (χ4v) is 5.22. The van der Waals surface area contributed by atoms with Gasteiger partial charge in [0.15, 0.2) is 12.4 Å². The van der Waals surface area contributed by atoms with Crippen molar-refractivity contribution in [1.29, 1.82) is 0 Å². The number of esters is 3. The number of rotatable bonds is 5. The molecule has 0 aromatic heterocycles. The molecule has 0 radical (unpaired) electrons. The van der Waals surface area contributed by atoms with Crippen molar-refractivity contribution in [1.82, 2.24) is 0 Å². The van der Waals surface area contributed by atoms with Gasteiger partial charge in [-0.1, -0.05) is 38.5 Å². The van der Waals surface area contributed by atoms with Crippen LogP contribution in [0.5, 0.6) is 0 Å². The van der Waals surface area contributed by atoms with Gasteiger partial charge in [-0.25, -0.2) is 4.79 Å². The first-order valence-electron chi connectivity index (χ1n) is 11.5. The summed E-state index contributed by atoms with van der Waals surface area (Å²) in [6.45, 7) is 7.64. The molecule has 176 valence electrons. The van der Waals surface area contributed by atoms with Crippen LogP contribution in [0.4, 0.5) is 0 Å². The van der Waals surface area contributed by atoms with Gasteiger partial charge in [0.2, 0.25) is 12.6 Å². The molecule has 3 saturated heterocycles.